The first-order valence-corrected chi connectivity index (χ1v) is 12.1. The third-order valence-electron chi connectivity index (χ3n) is 8.08. The Morgan fingerprint density at radius 1 is 1.09 bits per heavy atom. The second-order valence-electron chi connectivity index (χ2n) is 9.77. The molecule has 5 rings (SSSR count). The number of hydrogen-bond donors (Lipinski definition) is 1. The molecule has 0 radical (unpaired) electrons. The van der Waals surface area contributed by atoms with Gasteiger partial charge in [0.25, 0.3) is 5.56 Å². The van der Waals surface area contributed by atoms with Gasteiger partial charge in [0.2, 0.25) is 11.8 Å². The van der Waals surface area contributed by atoms with Crippen LogP contribution in [-0.2, 0) is 16.1 Å². The van der Waals surface area contributed by atoms with E-state index in [1.54, 1.807) is 16.7 Å². The monoisotopic (exact) mass is 439 g/mol. The third-order valence-corrected chi connectivity index (χ3v) is 8.08. The molecule has 3 fully saturated rings. The number of carbonyl (C=O) groups is 2. The molecule has 1 aromatic heterocycles. The molecule has 7 nitrogen and oxygen atoms in total. The van der Waals surface area contributed by atoms with E-state index in [4.69, 9.17) is 0 Å². The number of aliphatic hydroxyl groups is 1. The lowest BCUT2D eigenvalue weighted by Crippen LogP contribution is -2.52. The summed E-state index contributed by atoms with van der Waals surface area (Å²) in [5.74, 6) is -0.740. The molecule has 2 bridgehead atoms. The van der Waals surface area contributed by atoms with E-state index in [0.29, 0.717) is 12.1 Å². The van der Waals surface area contributed by atoms with Crippen molar-refractivity contribution in [3.05, 3.63) is 39.8 Å². The predicted molar refractivity (Wildman–Crippen MR) is 121 cm³/mol. The smallest absolute Gasteiger partial charge is 0.258 e. The molecule has 2 amide bonds. The van der Waals surface area contributed by atoms with Gasteiger partial charge in [-0.25, -0.2) is 0 Å². The minimum absolute atomic E-state index is 0.00347. The molecule has 32 heavy (non-hydrogen) atoms. The van der Waals surface area contributed by atoms with Crippen LogP contribution in [0.25, 0.3) is 6.08 Å². The number of hydrogen-bond acceptors (Lipinski definition) is 4. The fraction of sp³-hybridized carbons (Fsp3) is 0.640. The standard InChI is InChI=1S/C25H33N3O4/c1-2-7-16-10-11-19-22-21(25(32)26-12-4-3-5-13-26)18(15-29)20(14-27(19)23(16)30)28(22)24(31)17-8-6-9-17/h2,7,10-11,17-18,20-22,29H,3-6,8-9,12-15H2,1H3/t18-,20-,21+,22+/m1/s1. The molecular weight excluding hydrogens is 406 g/mol. The van der Waals surface area contributed by atoms with Gasteiger partial charge >= 0.3 is 0 Å². The van der Waals surface area contributed by atoms with Crippen molar-refractivity contribution in [3.8, 4) is 0 Å². The molecule has 4 heterocycles. The fourth-order valence-corrected chi connectivity index (χ4v) is 6.20. The zero-order valence-corrected chi connectivity index (χ0v) is 18.8. The summed E-state index contributed by atoms with van der Waals surface area (Å²) in [7, 11) is 0. The molecule has 7 heteroatoms. The summed E-state index contributed by atoms with van der Waals surface area (Å²) in [5.41, 5.74) is 1.25. The van der Waals surface area contributed by atoms with E-state index in [1.807, 2.05) is 28.9 Å². The lowest BCUT2D eigenvalue weighted by Gasteiger charge is -2.42. The van der Waals surface area contributed by atoms with Crippen LogP contribution in [0.1, 0.15) is 62.7 Å². The van der Waals surface area contributed by atoms with Gasteiger partial charge in [-0.1, -0.05) is 18.6 Å². The molecule has 2 saturated heterocycles. The number of fused-ring (bicyclic) bond motifs is 4. The van der Waals surface area contributed by atoms with E-state index in [9.17, 15) is 19.5 Å². The lowest BCUT2D eigenvalue weighted by atomic mass is 9.83. The zero-order valence-electron chi connectivity index (χ0n) is 18.8. The van der Waals surface area contributed by atoms with Crippen LogP contribution in [-0.4, -0.2) is 57.0 Å². The summed E-state index contributed by atoms with van der Waals surface area (Å²) in [6, 6.07) is 2.90. The van der Waals surface area contributed by atoms with Crippen molar-refractivity contribution < 1.29 is 14.7 Å². The number of aliphatic hydroxyl groups excluding tert-OH is 1. The number of rotatable bonds is 4. The Kier molecular flexibility index (Phi) is 5.70. The first-order chi connectivity index (χ1) is 15.6. The largest absolute Gasteiger partial charge is 0.396 e. The normalized spacial score (nSPS) is 29.8. The van der Waals surface area contributed by atoms with Crippen LogP contribution in [0, 0.1) is 17.8 Å². The number of carbonyl (C=O) groups excluding carboxylic acids is 2. The van der Waals surface area contributed by atoms with Crippen molar-refractivity contribution in [2.75, 3.05) is 19.7 Å². The van der Waals surface area contributed by atoms with Gasteiger partial charge in [-0.15, -0.1) is 0 Å². The Hall–Kier alpha value is -2.41. The number of allylic oxidation sites excluding steroid dienone is 1. The van der Waals surface area contributed by atoms with E-state index in [1.165, 1.54) is 0 Å². The van der Waals surface area contributed by atoms with Crippen LogP contribution in [0.4, 0.5) is 0 Å². The highest BCUT2D eigenvalue weighted by atomic mass is 16.3. The number of likely N-dealkylation sites (tertiary alicyclic amines) is 1. The molecule has 4 atom stereocenters. The molecule has 4 aliphatic rings. The summed E-state index contributed by atoms with van der Waals surface area (Å²) < 4.78 is 1.75. The van der Waals surface area contributed by atoms with Crippen LogP contribution in [0.5, 0.6) is 0 Å². The molecule has 0 spiro atoms. The molecule has 1 aromatic rings. The SMILES string of the molecule is CC=Cc1ccc2n(c1=O)C[C@@H]1[C@@H](CO)[C@H](C(=O)N3CCCCC3)[C@H]2N1C(=O)C1CCC1. The van der Waals surface area contributed by atoms with E-state index in [0.717, 1.165) is 57.3 Å². The van der Waals surface area contributed by atoms with E-state index in [-0.39, 0.29) is 41.9 Å². The van der Waals surface area contributed by atoms with Crippen LogP contribution in [0.3, 0.4) is 0 Å². The van der Waals surface area contributed by atoms with Gasteiger partial charge in [0.05, 0.1) is 18.0 Å². The fourth-order valence-electron chi connectivity index (χ4n) is 6.20. The Morgan fingerprint density at radius 3 is 2.47 bits per heavy atom. The Morgan fingerprint density at radius 2 is 1.84 bits per heavy atom. The quantitative estimate of drug-likeness (QED) is 0.780. The summed E-state index contributed by atoms with van der Waals surface area (Å²) in [5, 5.41) is 10.4. The Bertz CT molecular complexity index is 989. The summed E-state index contributed by atoms with van der Waals surface area (Å²) in [4.78, 5) is 44.3. The van der Waals surface area contributed by atoms with Crippen LogP contribution in [0.15, 0.2) is 23.0 Å². The molecule has 1 aliphatic carbocycles. The maximum Gasteiger partial charge on any atom is 0.258 e. The minimum Gasteiger partial charge on any atom is -0.396 e. The molecule has 0 unspecified atom stereocenters. The predicted octanol–water partition coefficient (Wildman–Crippen LogP) is 2.18. The zero-order chi connectivity index (χ0) is 22.4. The van der Waals surface area contributed by atoms with Crippen molar-refractivity contribution in [1.29, 1.82) is 0 Å². The van der Waals surface area contributed by atoms with E-state index < -0.39 is 12.0 Å². The van der Waals surface area contributed by atoms with Gasteiger partial charge in [0, 0.05) is 49.3 Å². The number of amides is 2. The van der Waals surface area contributed by atoms with Gasteiger partial charge < -0.3 is 19.5 Å². The molecule has 1 saturated carbocycles. The lowest BCUT2D eigenvalue weighted by molar-refractivity contribution is -0.144. The summed E-state index contributed by atoms with van der Waals surface area (Å²) in [6.07, 6.45) is 9.57. The van der Waals surface area contributed by atoms with Crippen LogP contribution < -0.4 is 5.56 Å². The first kappa shape index (κ1) is 21.4. The maximum atomic E-state index is 13.8. The first-order valence-electron chi connectivity index (χ1n) is 12.1. The van der Waals surface area contributed by atoms with Gasteiger partial charge in [-0.2, -0.15) is 0 Å². The Labute approximate surface area is 188 Å². The Balaban J connectivity index is 1.61. The number of pyridine rings is 1. The van der Waals surface area contributed by atoms with Gasteiger partial charge in [-0.3, -0.25) is 14.4 Å². The van der Waals surface area contributed by atoms with Crippen molar-refractivity contribution in [1.82, 2.24) is 14.4 Å². The topological polar surface area (TPSA) is 82.8 Å². The molecule has 172 valence electrons. The van der Waals surface area contributed by atoms with Crippen molar-refractivity contribution in [2.24, 2.45) is 17.8 Å². The maximum absolute atomic E-state index is 13.8. The number of aromatic nitrogens is 1. The van der Waals surface area contributed by atoms with Crippen LogP contribution >= 0.6 is 0 Å². The second-order valence-corrected chi connectivity index (χ2v) is 9.77. The highest BCUT2D eigenvalue weighted by Gasteiger charge is 2.58. The third kappa shape index (κ3) is 3.24. The van der Waals surface area contributed by atoms with Gasteiger partial charge in [-0.05, 0) is 51.2 Å². The number of nitrogens with zero attached hydrogens (tertiary/aromatic N) is 3. The molecule has 3 aliphatic heterocycles. The van der Waals surface area contributed by atoms with Crippen molar-refractivity contribution in [3.63, 3.8) is 0 Å². The van der Waals surface area contributed by atoms with Gasteiger partial charge in [0.1, 0.15) is 0 Å². The average molecular weight is 440 g/mol. The van der Waals surface area contributed by atoms with E-state index >= 15 is 0 Å². The molecular formula is C25H33N3O4. The van der Waals surface area contributed by atoms with Crippen molar-refractivity contribution in [2.45, 2.75) is 64.1 Å². The summed E-state index contributed by atoms with van der Waals surface area (Å²) >= 11 is 0. The molecule has 1 N–H and O–H groups in total. The number of piperidine rings is 1. The van der Waals surface area contributed by atoms with Crippen molar-refractivity contribution >= 4 is 17.9 Å². The highest BCUT2D eigenvalue weighted by molar-refractivity contribution is 5.86. The summed E-state index contributed by atoms with van der Waals surface area (Å²) in [6.45, 7) is 3.51. The van der Waals surface area contributed by atoms with E-state index in [2.05, 4.69) is 0 Å². The second kappa shape index (κ2) is 8.50. The average Bonchev–Trinajstić information content (AvgIpc) is 3.01. The minimum atomic E-state index is -0.507. The van der Waals surface area contributed by atoms with Gasteiger partial charge in [0.15, 0.2) is 0 Å². The highest BCUT2D eigenvalue weighted by Crippen LogP contribution is 2.50. The molecule has 0 aromatic carbocycles. The van der Waals surface area contributed by atoms with Crippen LogP contribution in [0.2, 0.25) is 0 Å².